The fraction of sp³-hybridized carbons (Fsp3) is 1.00. The molecule has 1 aliphatic heterocycles. The molecule has 0 spiro atoms. The minimum absolute atomic E-state index is 0.465. The van der Waals surface area contributed by atoms with Crippen molar-refractivity contribution in [3.05, 3.63) is 0 Å². The Balaban J connectivity index is 2.14. The predicted molar refractivity (Wildman–Crippen MR) is 84.0 cm³/mol. The van der Waals surface area contributed by atoms with Crippen molar-refractivity contribution in [3.63, 3.8) is 0 Å². The fourth-order valence-corrected chi connectivity index (χ4v) is 3.52. The molecular formula is C14H28O2S2. The van der Waals surface area contributed by atoms with E-state index in [2.05, 4.69) is 6.92 Å². The molecule has 0 N–H and O–H groups in total. The van der Waals surface area contributed by atoms with Crippen LogP contribution in [0, 0.1) is 0 Å². The summed E-state index contributed by atoms with van der Waals surface area (Å²) in [6.07, 6.45) is 7.06. The van der Waals surface area contributed by atoms with Crippen molar-refractivity contribution in [2.24, 2.45) is 0 Å². The molecule has 1 unspecified atom stereocenters. The maximum absolute atomic E-state index is 6.01. The number of thioether (sulfide) groups is 2. The van der Waals surface area contributed by atoms with Crippen molar-refractivity contribution < 1.29 is 9.47 Å². The Kier molecular flexibility index (Phi) is 11.7. The summed E-state index contributed by atoms with van der Waals surface area (Å²) in [6, 6.07) is 0. The quantitative estimate of drug-likeness (QED) is 0.716. The van der Waals surface area contributed by atoms with Crippen molar-refractivity contribution in [3.8, 4) is 0 Å². The van der Waals surface area contributed by atoms with Gasteiger partial charge in [-0.15, -0.1) is 0 Å². The van der Waals surface area contributed by atoms with Gasteiger partial charge in [-0.1, -0.05) is 32.6 Å². The minimum Gasteiger partial charge on any atom is -0.380 e. The summed E-state index contributed by atoms with van der Waals surface area (Å²) in [7, 11) is 0. The Morgan fingerprint density at radius 2 is 1.72 bits per heavy atom. The van der Waals surface area contributed by atoms with Gasteiger partial charge in [0.2, 0.25) is 0 Å². The number of ether oxygens (including phenoxy) is 2. The predicted octanol–water partition coefficient (Wildman–Crippen LogP) is 3.84. The van der Waals surface area contributed by atoms with Crippen LogP contribution in [0.5, 0.6) is 0 Å². The zero-order valence-electron chi connectivity index (χ0n) is 11.7. The fourth-order valence-electron chi connectivity index (χ4n) is 1.94. The Morgan fingerprint density at radius 1 is 0.944 bits per heavy atom. The number of unbranched alkanes of at least 4 members (excludes halogenated alkanes) is 3. The maximum Gasteiger partial charge on any atom is 0.0665 e. The third kappa shape index (κ3) is 9.54. The highest BCUT2D eigenvalue weighted by Gasteiger charge is 2.09. The first-order valence-corrected chi connectivity index (χ1v) is 9.59. The molecule has 0 radical (unpaired) electrons. The summed E-state index contributed by atoms with van der Waals surface area (Å²) < 4.78 is 11.6. The third-order valence-electron chi connectivity index (χ3n) is 3.01. The van der Waals surface area contributed by atoms with E-state index in [0.717, 1.165) is 42.8 Å². The van der Waals surface area contributed by atoms with Gasteiger partial charge >= 0.3 is 0 Å². The largest absolute Gasteiger partial charge is 0.380 e. The Morgan fingerprint density at radius 3 is 2.56 bits per heavy atom. The highest BCUT2D eigenvalue weighted by Crippen LogP contribution is 2.15. The van der Waals surface area contributed by atoms with Gasteiger partial charge < -0.3 is 9.47 Å². The van der Waals surface area contributed by atoms with Crippen molar-refractivity contribution in [2.75, 3.05) is 42.8 Å². The molecule has 1 saturated heterocycles. The molecule has 0 aromatic carbocycles. The van der Waals surface area contributed by atoms with Crippen molar-refractivity contribution in [2.45, 2.75) is 45.1 Å². The molecule has 4 heteroatoms. The molecule has 18 heavy (non-hydrogen) atoms. The van der Waals surface area contributed by atoms with Gasteiger partial charge in [-0.2, -0.15) is 23.5 Å². The van der Waals surface area contributed by atoms with Gasteiger partial charge in [-0.3, -0.25) is 0 Å². The smallest absolute Gasteiger partial charge is 0.0665 e. The van der Waals surface area contributed by atoms with Crippen LogP contribution >= 0.6 is 23.5 Å². The Hall–Kier alpha value is 0.620. The zero-order chi connectivity index (χ0) is 12.9. The molecule has 0 amide bonds. The van der Waals surface area contributed by atoms with Crippen LogP contribution in [-0.4, -0.2) is 48.9 Å². The zero-order valence-corrected chi connectivity index (χ0v) is 13.3. The molecule has 1 aliphatic rings. The Labute approximate surface area is 121 Å². The van der Waals surface area contributed by atoms with E-state index in [-0.39, 0.29) is 0 Å². The first kappa shape index (κ1) is 16.7. The molecule has 1 rings (SSSR count). The van der Waals surface area contributed by atoms with E-state index in [1.54, 1.807) is 0 Å². The second-order valence-electron chi connectivity index (χ2n) is 4.64. The van der Waals surface area contributed by atoms with Crippen LogP contribution in [0.15, 0.2) is 0 Å². The molecule has 1 fully saturated rings. The van der Waals surface area contributed by atoms with Crippen LogP contribution in [0.25, 0.3) is 0 Å². The lowest BCUT2D eigenvalue weighted by Crippen LogP contribution is -2.19. The Bertz CT molecular complexity index is 164. The average molecular weight is 293 g/mol. The molecule has 0 aliphatic carbocycles. The van der Waals surface area contributed by atoms with E-state index in [4.69, 9.17) is 9.47 Å². The molecule has 108 valence electrons. The topological polar surface area (TPSA) is 18.5 Å². The summed E-state index contributed by atoms with van der Waals surface area (Å²) in [4.78, 5) is 0. The molecule has 0 bridgehead atoms. The average Bonchev–Trinajstić information content (AvgIpc) is 2.37. The van der Waals surface area contributed by atoms with Gasteiger partial charge in [0.15, 0.2) is 0 Å². The number of hydrogen-bond acceptors (Lipinski definition) is 4. The van der Waals surface area contributed by atoms with Crippen LogP contribution in [-0.2, 0) is 9.47 Å². The van der Waals surface area contributed by atoms with E-state index in [1.807, 2.05) is 23.5 Å². The van der Waals surface area contributed by atoms with Crippen LogP contribution < -0.4 is 0 Å². The van der Waals surface area contributed by atoms with Gasteiger partial charge in [0.1, 0.15) is 0 Å². The van der Waals surface area contributed by atoms with Crippen molar-refractivity contribution in [1.82, 2.24) is 0 Å². The molecule has 1 heterocycles. The van der Waals surface area contributed by atoms with Crippen LogP contribution in [0.2, 0.25) is 0 Å². The highest BCUT2D eigenvalue weighted by molar-refractivity contribution is 7.99. The van der Waals surface area contributed by atoms with E-state index >= 15 is 0 Å². The van der Waals surface area contributed by atoms with E-state index < -0.39 is 0 Å². The second-order valence-corrected chi connectivity index (χ2v) is 7.02. The monoisotopic (exact) mass is 292 g/mol. The molecule has 0 saturated carbocycles. The van der Waals surface area contributed by atoms with Crippen molar-refractivity contribution >= 4 is 23.5 Å². The lowest BCUT2D eigenvalue weighted by molar-refractivity contribution is 0.0733. The highest BCUT2D eigenvalue weighted by atomic mass is 32.2. The summed E-state index contributed by atoms with van der Waals surface area (Å²) in [5, 5.41) is 0. The first-order valence-electron chi connectivity index (χ1n) is 7.28. The first-order chi connectivity index (χ1) is 8.93. The normalized spacial score (nSPS) is 24.2. The summed E-state index contributed by atoms with van der Waals surface area (Å²) >= 11 is 3.93. The van der Waals surface area contributed by atoms with Crippen LogP contribution in [0.3, 0.4) is 0 Å². The molecular weight excluding hydrogens is 264 g/mol. The summed E-state index contributed by atoms with van der Waals surface area (Å²) in [5.74, 6) is 4.47. The van der Waals surface area contributed by atoms with Crippen LogP contribution in [0.1, 0.15) is 39.0 Å². The van der Waals surface area contributed by atoms with Crippen LogP contribution in [0.4, 0.5) is 0 Å². The maximum atomic E-state index is 6.01. The van der Waals surface area contributed by atoms with Gasteiger partial charge in [0.05, 0.1) is 25.9 Å². The third-order valence-corrected chi connectivity index (χ3v) is 4.98. The lowest BCUT2D eigenvalue weighted by atomic mass is 10.1. The van der Waals surface area contributed by atoms with E-state index in [9.17, 15) is 0 Å². The number of hydrogen-bond donors (Lipinski definition) is 0. The van der Waals surface area contributed by atoms with Crippen molar-refractivity contribution in [1.29, 1.82) is 0 Å². The number of rotatable bonds is 5. The molecule has 2 nitrogen and oxygen atoms in total. The minimum atomic E-state index is 0.465. The van der Waals surface area contributed by atoms with E-state index in [0.29, 0.717) is 6.10 Å². The van der Waals surface area contributed by atoms with E-state index in [1.165, 1.54) is 32.1 Å². The molecule has 0 aromatic heterocycles. The summed E-state index contributed by atoms with van der Waals surface area (Å²) in [6.45, 7) is 4.96. The molecule has 1 atom stereocenters. The second kappa shape index (κ2) is 12.6. The summed E-state index contributed by atoms with van der Waals surface area (Å²) in [5.41, 5.74) is 0. The lowest BCUT2D eigenvalue weighted by Gasteiger charge is -2.18. The van der Waals surface area contributed by atoms with Gasteiger partial charge in [-0.05, 0) is 6.42 Å². The molecule has 0 aromatic rings. The van der Waals surface area contributed by atoms with Gasteiger partial charge in [0.25, 0.3) is 0 Å². The SMILES string of the molecule is CCCCCCC1CSCCOCCSCCO1. The van der Waals surface area contributed by atoms with Gasteiger partial charge in [0, 0.05) is 23.0 Å². The van der Waals surface area contributed by atoms with Gasteiger partial charge in [-0.25, -0.2) is 0 Å². The standard InChI is InChI=1S/C14H28O2S2/c1-2-3-4-5-6-14-13-18-11-8-15-7-10-17-12-9-16-14/h14H,2-13H2,1H3.